The molecule has 1 aromatic carbocycles. The van der Waals surface area contributed by atoms with Gasteiger partial charge in [-0.25, -0.2) is 9.59 Å². The van der Waals surface area contributed by atoms with Crippen molar-refractivity contribution in [1.82, 2.24) is 10.6 Å². The highest BCUT2D eigenvalue weighted by Gasteiger charge is 2.20. The van der Waals surface area contributed by atoms with Crippen molar-refractivity contribution in [2.24, 2.45) is 0 Å². The number of benzene rings is 1. The molecule has 1 rings (SSSR count). The fourth-order valence-corrected chi connectivity index (χ4v) is 2.45. The average molecular weight is 390 g/mol. The van der Waals surface area contributed by atoms with E-state index in [9.17, 15) is 19.5 Å². The van der Waals surface area contributed by atoms with Crippen LogP contribution in [0.25, 0.3) is 0 Å². The number of nitrogens with one attached hydrogen (secondary N) is 2. The number of unbranched alkanes of at least 4 members (excludes halogenated alkanes) is 1. The van der Waals surface area contributed by atoms with Crippen LogP contribution in [0.3, 0.4) is 0 Å². The molecule has 1 aromatic rings. The van der Waals surface area contributed by atoms with Crippen molar-refractivity contribution < 1.29 is 24.2 Å². The van der Waals surface area contributed by atoms with E-state index in [4.69, 9.17) is 4.74 Å². The van der Waals surface area contributed by atoms with E-state index in [1.807, 2.05) is 24.3 Å². The van der Waals surface area contributed by atoms with E-state index in [0.717, 1.165) is 5.56 Å². The molecule has 2 amide bonds. The molecule has 0 aliphatic rings. The summed E-state index contributed by atoms with van der Waals surface area (Å²) in [6, 6.07) is 6.72. The maximum atomic E-state index is 11.9. The molecule has 0 fully saturated rings. The van der Waals surface area contributed by atoms with Gasteiger partial charge in [-0.05, 0) is 41.9 Å². The monoisotopic (exact) mass is 390 g/mol. The van der Waals surface area contributed by atoms with Crippen LogP contribution in [0.5, 0.6) is 0 Å². The minimum Gasteiger partial charge on any atom is -0.480 e. The van der Waals surface area contributed by atoms with Crippen molar-refractivity contribution in [1.29, 1.82) is 0 Å². The molecule has 3 N–H and O–H groups in total. The summed E-state index contributed by atoms with van der Waals surface area (Å²) in [7, 11) is 0. The minimum atomic E-state index is -1.12. The fraction of sp³-hybridized carbons (Fsp3) is 0.476. The first kappa shape index (κ1) is 23.2. The van der Waals surface area contributed by atoms with E-state index in [1.54, 1.807) is 0 Å². The summed E-state index contributed by atoms with van der Waals surface area (Å²) in [4.78, 5) is 34.2. The predicted octanol–water partition coefficient (Wildman–Crippen LogP) is 3.14. The molecule has 0 aliphatic heterocycles. The lowest BCUT2D eigenvalue weighted by atomic mass is 9.87. The topological polar surface area (TPSA) is 105 Å². The van der Waals surface area contributed by atoms with Gasteiger partial charge in [0.2, 0.25) is 5.91 Å². The number of carbonyl (C=O) groups excluding carboxylic acids is 2. The number of hydrogen-bond donors (Lipinski definition) is 3. The molecule has 7 nitrogen and oxygen atoms in total. The third-order valence-corrected chi connectivity index (χ3v) is 4.18. The number of carboxylic acid groups (broad SMARTS) is 1. The Balaban J connectivity index is 2.40. The Morgan fingerprint density at radius 3 is 2.36 bits per heavy atom. The van der Waals surface area contributed by atoms with E-state index in [2.05, 4.69) is 38.0 Å². The summed E-state index contributed by atoms with van der Waals surface area (Å²) in [5.41, 5.74) is 2.05. The van der Waals surface area contributed by atoms with Crippen LogP contribution < -0.4 is 10.6 Å². The van der Waals surface area contributed by atoms with Gasteiger partial charge in [0.1, 0.15) is 12.6 Å². The maximum absolute atomic E-state index is 11.9. The zero-order chi connectivity index (χ0) is 21.2. The Kier molecular flexibility index (Phi) is 9.21. The van der Waals surface area contributed by atoms with Gasteiger partial charge >= 0.3 is 12.1 Å². The van der Waals surface area contributed by atoms with Crippen molar-refractivity contribution in [2.45, 2.75) is 58.1 Å². The molecule has 0 bridgehead atoms. The standard InChI is InChI=1S/C21H30N2O5/c1-5-18(24)22-13-7-6-8-17(19(25)26)23-20(27)28-14-15-9-11-16(12-10-15)21(2,3)4/h5,9-12,17H,1,6-8,13-14H2,2-4H3,(H,22,24)(H,23,27)(H,25,26)/t17-/m0/s1. The number of hydrogen-bond acceptors (Lipinski definition) is 4. The third-order valence-electron chi connectivity index (χ3n) is 4.18. The molecule has 154 valence electrons. The van der Waals surface area contributed by atoms with Gasteiger partial charge < -0.3 is 20.5 Å². The van der Waals surface area contributed by atoms with E-state index in [1.165, 1.54) is 11.6 Å². The van der Waals surface area contributed by atoms with Gasteiger partial charge in [-0.15, -0.1) is 0 Å². The number of ether oxygens (including phenoxy) is 1. The van der Waals surface area contributed by atoms with Gasteiger partial charge in [0, 0.05) is 6.54 Å². The summed E-state index contributed by atoms with van der Waals surface area (Å²) >= 11 is 0. The second kappa shape index (κ2) is 11.1. The molecule has 0 saturated heterocycles. The van der Waals surface area contributed by atoms with Gasteiger partial charge in [-0.1, -0.05) is 51.6 Å². The number of carboxylic acids is 1. The van der Waals surface area contributed by atoms with E-state index in [0.29, 0.717) is 19.4 Å². The van der Waals surface area contributed by atoms with Crippen LogP contribution >= 0.6 is 0 Å². The molecule has 0 aromatic heterocycles. The van der Waals surface area contributed by atoms with E-state index >= 15 is 0 Å². The van der Waals surface area contributed by atoms with Gasteiger partial charge in [0.15, 0.2) is 0 Å². The van der Waals surface area contributed by atoms with Crippen molar-refractivity contribution in [3.63, 3.8) is 0 Å². The zero-order valence-corrected chi connectivity index (χ0v) is 16.8. The van der Waals surface area contributed by atoms with Crippen LogP contribution in [0.15, 0.2) is 36.9 Å². The van der Waals surface area contributed by atoms with Crippen LogP contribution in [0, 0.1) is 0 Å². The highest BCUT2D eigenvalue weighted by Crippen LogP contribution is 2.22. The highest BCUT2D eigenvalue weighted by atomic mass is 16.5. The van der Waals surface area contributed by atoms with Gasteiger partial charge in [-0.2, -0.15) is 0 Å². The smallest absolute Gasteiger partial charge is 0.408 e. The normalized spacial score (nSPS) is 12.0. The fourth-order valence-electron chi connectivity index (χ4n) is 2.45. The zero-order valence-electron chi connectivity index (χ0n) is 16.8. The molecule has 0 saturated carbocycles. The molecule has 0 heterocycles. The number of carbonyl (C=O) groups is 3. The summed E-state index contributed by atoms with van der Waals surface area (Å²) in [5, 5.41) is 14.2. The molecule has 28 heavy (non-hydrogen) atoms. The second-order valence-corrected chi connectivity index (χ2v) is 7.55. The van der Waals surface area contributed by atoms with Gasteiger partial charge in [0.05, 0.1) is 0 Å². The Morgan fingerprint density at radius 1 is 1.18 bits per heavy atom. The van der Waals surface area contributed by atoms with Crippen molar-refractivity contribution >= 4 is 18.0 Å². The Morgan fingerprint density at radius 2 is 1.82 bits per heavy atom. The SMILES string of the molecule is C=CC(=O)NCCCC[C@H](NC(=O)OCc1ccc(C(C)(C)C)cc1)C(=O)O. The Labute approximate surface area is 166 Å². The maximum Gasteiger partial charge on any atom is 0.408 e. The minimum absolute atomic E-state index is 0.0416. The third kappa shape index (κ3) is 8.70. The highest BCUT2D eigenvalue weighted by molar-refractivity contribution is 5.86. The first-order valence-electron chi connectivity index (χ1n) is 9.29. The number of alkyl carbamates (subject to hydrolysis) is 1. The molecule has 7 heteroatoms. The van der Waals surface area contributed by atoms with Gasteiger partial charge in [-0.3, -0.25) is 4.79 Å². The summed E-state index contributed by atoms with van der Waals surface area (Å²) in [6.07, 6.45) is 1.78. The Hall–Kier alpha value is -2.83. The van der Waals surface area contributed by atoms with Crippen LogP contribution in [0.2, 0.25) is 0 Å². The molecule has 0 spiro atoms. The van der Waals surface area contributed by atoms with Crippen LogP contribution in [0.1, 0.15) is 51.2 Å². The first-order valence-corrected chi connectivity index (χ1v) is 9.29. The Bertz CT molecular complexity index is 677. The predicted molar refractivity (Wildman–Crippen MR) is 107 cm³/mol. The summed E-state index contributed by atoms with van der Waals surface area (Å²) in [5.74, 6) is -1.39. The van der Waals surface area contributed by atoms with Crippen molar-refractivity contribution in [3.8, 4) is 0 Å². The van der Waals surface area contributed by atoms with E-state index < -0.39 is 18.1 Å². The quantitative estimate of drug-likeness (QED) is 0.420. The molecule has 0 aliphatic carbocycles. The molecule has 1 atom stereocenters. The molecular formula is C21H30N2O5. The van der Waals surface area contributed by atoms with Crippen molar-refractivity contribution in [2.75, 3.05) is 6.54 Å². The van der Waals surface area contributed by atoms with Gasteiger partial charge in [0.25, 0.3) is 0 Å². The lowest BCUT2D eigenvalue weighted by Crippen LogP contribution is -2.41. The lowest BCUT2D eigenvalue weighted by molar-refractivity contribution is -0.139. The number of aliphatic carboxylic acids is 1. The van der Waals surface area contributed by atoms with Crippen molar-refractivity contribution in [3.05, 3.63) is 48.0 Å². The van der Waals surface area contributed by atoms with Crippen LogP contribution in [-0.4, -0.2) is 35.7 Å². The molecular weight excluding hydrogens is 360 g/mol. The number of rotatable bonds is 10. The second-order valence-electron chi connectivity index (χ2n) is 7.55. The van der Waals surface area contributed by atoms with E-state index in [-0.39, 0.29) is 24.3 Å². The summed E-state index contributed by atoms with van der Waals surface area (Å²) in [6.45, 7) is 10.2. The first-order chi connectivity index (χ1) is 13.1. The number of amides is 2. The van der Waals surface area contributed by atoms with Crippen LogP contribution in [-0.2, 0) is 26.3 Å². The van der Waals surface area contributed by atoms with Crippen LogP contribution in [0.4, 0.5) is 4.79 Å². The molecule has 0 unspecified atom stereocenters. The molecule has 0 radical (unpaired) electrons. The largest absolute Gasteiger partial charge is 0.480 e. The average Bonchev–Trinajstić information content (AvgIpc) is 2.64. The lowest BCUT2D eigenvalue weighted by Gasteiger charge is -2.19. The summed E-state index contributed by atoms with van der Waals surface area (Å²) < 4.78 is 5.13.